The van der Waals surface area contributed by atoms with Crippen LogP contribution in [0.25, 0.3) is 0 Å². The highest BCUT2D eigenvalue weighted by atomic mass is 32.2. The van der Waals surface area contributed by atoms with Gasteiger partial charge in [0.15, 0.2) is 0 Å². The first-order valence-electron chi connectivity index (χ1n) is 13.6. The van der Waals surface area contributed by atoms with Crippen molar-refractivity contribution in [3.05, 3.63) is 12.2 Å². The van der Waals surface area contributed by atoms with Gasteiger partial charge in [-0.2, -0.15) is 0 Å². The maximum atomic E-state index is 13.5. The number of fused-ring (bicyclic) bond motifs is 3. The summed E-state index contributed by atoms with van der Waals surface area (Å²) in [7, 11) is 0. The number of aliphatic hydroxyl groups is 3. The van der Waals surface area contributed by atoms with E-state index in [4.69, 9.17) is 19.4 Å². The second-order valence-electron chi connectivity index (χ2n) is 11.1. The molecule has 4 aliphatic rings. The molecule has 0 aromatic carbocycles. The standard InChI is InChI=1S/C25H40F2N2O6S.CH2O2/c1-12(2)9-13-7-8-34-21-14(10-13)11-28-17(21)24(33)29-15-5-3-4-6-16(23(26)27)36-25-20(32)18(30)19(31)22(15)35-25;2-1-3/h3-4,12-23,25,28,30-32H,5-11H2,1-2H3,(H,29,33);1H,(H,2,3)/b4-3-;/t13-,14-,15+,16-,17-,18-,19+,20+,21+,22+,25+;/m0./s1. The Kier molecular flexibility index (Phi) is 12.4. The lowest BCUT2D eigenvalue weighted by atomic mass is 9.85. The molecule has 13 heteroatoms. The van der Waals surface area contributed by atoms with E-state index in [1.165, 1.54) is 0 Å². The van der Waals surface area contributed by atoms with Crippen molar-refractivity contribution < 1.29 is 48.3 Å². The Morgan fingerprint density at radius 2 is 1.85 bits per heavy atom. The van der Waals surface area contributed by atoms with Crippen LogP contribution in [0.4, 0.5) is 8.78 Å². The normalized spacial score (nSPS) is 41.5. The van der Waals surface area contributed by atoms with Crippen molar-refractivity contribution in [1.29, 1.82) is 0 Å². The average Bonchev–Trinajstić information content (AvgIpc) is 3.16. The van der Waals surface area contributed by atoms with Crippen molar-refractivity contribution in [2.24, 2.45) is 17.8 Å². The first-order chi connectivity index (χ1) is 18.6. The summed E-state index contributed by atoms with van der Waals surface area (Å²) in [6.45, 7) is 5.47. The molecule has 224 valence electrons. The van der Waals surface area contributed by atoms with Gasteiger partial charge in [-0.3, -0.25) is 9.59 Å². The van der Waals surface area contributed by atoms with Crippen molar-refractivity contribution in [2.45, 2.75) is 106 Å². The lowest BCUT2D eigenvalue weighted by Crippen LogP contribution is -2.64. The fraction of sp³-hybridized carbons (Fsp3) is 0.846. The van der Waals surface area contributed by atoms with Gasteiger partial charge in [-0.25, -0.2) is 8.78 Å². The van der Waals surface area contributed by atoms with Crippen LogP contribution in [-0.2, 0) is 19.1 Å². The minimum absolute atomic E-state index is 0.0538. The number of hydrogen-bond donors (Lipinski definition) is 6. The van der Waals surface area contributed by atoms with Gasteiger partial charge in [0.2, 0.25) is 5.91 Å². The first-order valence-corrected chi connectivity index (χ1v) is 14.5. The molecule has 0 saturated carbocycles. The van der Waals surface area contributed by atoms with E-state index < -0.39 is 53.6 Å². The Hall–Kier alpha value is -1.35. The number of carbonyl (C=O) groups is 2. The molecule has 4 heterocycles. The molecule has 10 nitrogen and oxygen atoms in total. The number of amides is 1. The van der Waals surface area contributed by atoms with Crippen LogP contribution in [0.15, 0.2) is 12.2 Å². The zero-order valence-corrected chi connectivity index (χ0v) is 23.1. The molecule has 1 amide bonds. The van der Waals surface area contributed by atoms with E-state index in [-0.39, 0.29) is 37.2 Å². The van der Waals surface area contributed by atoms with Crippen molar-refractivity contribution in [3.63, 3.8) is 0 Å². The Morgan fingerprint density at radius 3 is 2.51 bits per heavy atom. The number of nitrogens with one attached hydrogen (secondary N) is 2. The summed E-state index contributed by atoms with van der Waals surface area (Å²) in [4.78, 5) is 21.8. The van der Waals surface area contributed by atoms with Crippen molar-refractivity contribution >= 4 is 24.1 Å². The molecule has 0 spiro atoms. The number of thioether (sulfide) groups is 1. The van der Waals surface area contributed by atoms with Gasteiger partial charge in [0.05, 0.1) is 17.4 Å². The minimum atomic E-state index is -2.64. The number of carbonyl (C=O) groups excluding carboxylic acids is 1. The lowest BCUT2D eigenvalue weighted by molar-refractivity contribution is -0.205. The number of halogens is 2. The summed E-state index contributed by atoms with van der Waals surface area (Å²) >= 11 is 0.743. The molecular weight excluding hydrogens is 538 g/mol. The number of hydrogen-bond acceptors (Lipinski definition) is 9. The maximum Gasteiger partial charge on any atom is 0.290 e. The number of ether oxygens (including phenoxy) is 2. The highest BCUT2D eigenvalue weighted by Gasteiger charge is 2.49. The maximum absolute atomic E-state index is 13.5. The smallest absolute Gasteiger partial charge is 0.290 e. The highest BCUT2D eigenvalue weighted by Crippen LogP contribution is 2.37. The summed E-state index contributed by atoms with van der Waals surface area (Å²) in [5, 5.41) is 43.5. The minimum Gasteiger partial charge on any atom is -0.483 e. The van der Waals surface area contributed by atoms with Gasteiger partial charge in [0.25, 0.3) is 12.9 Å². The molecule has 3 saturated heterocycles. The molecule has 0 aromatic rings. The second-order valence-corrected chi connectivity index (χ2v) is 12.5. The summed E-state index contributed by atoms with van der Waals surface area (Å²) in [5.74, 6) is 1.12. The van der Waals surface area contributed by atoms with Crippen molar-refractivity contribution in [3.8, 4) is 0 Å². The van der Waals surface area contributed by atoms with Crippen LogP contribution in [-0.4, -0.2) is 106 Å². The fourth-order valence-electron chi connectivity index (χ4n) is 6.00. The Bertz CT molecular complexity index is 825. The molecule has 3 fully saturated rings. The highest BCUT2D eigenvalue weighted by molar-refractivity contribution is 8.00. The average molecular weight is 581 g/mol. The molecule has 39 heavy (non-hydrogen) atoms. The summed E-state index contributed by atoms with van der Waals surface area (Å²) in [6, 6.07) is -1.28. The van der Waals surface area contributed by atoms with Crippen LogP contribution >= 0.6 is 11.8 Å². The molecular formula is C26H42F2N2O8S. The number of alkyl halides is 2. The molecule has 0 radical (unpaired) electrons. The van der Waals surface area contributed by atoms with Gasteiger partial charge in [-0.1, -0.05) is 26.0 Å². The van der Waals surface area contributed by atoms with Crippen LogP contribution in [0.2, 0.25) is 0 Å². The molecule has 11 atom stereocenters. The third kappa shape index (κ3) is 8.34. The van der Waals surface area contributed by atoms with Crippen LogP contribution < -0.4 is 10.6 Å². The van der Waals surface area contributed by atoms with Crippen molar-refractivity contribution in [1.82, 2.24) is 10.6 Å². The zero-order chi connectivity index (χ0) is 28.7. The number of allylic oxidation sites excluding steroid dienone is 1. The van der Waals surface area contributed by atoms with E-state index >= 15 is 0 Å². The van der Waals surface area contributed by atoms with E-state index in [2.05, 4.69) is 24.5 Å². The van der Waals surface area contributed by atoms with E-state index in [0.29, 0.717) is 25.0 Å². The van der Waals surface area contributed by atoms with Crippen LogP contribution in [0.1, 0.15) is 46.0 Å². The summed E-state index contributed by atoms with van der Waals surface area (Å²) in [5.41, 5.74) is -1.16. The van der Waals surface area contributed by atoms with Crippen LogP contribution in [0, 0.1) is 17.8 Å². The van der Waals surface area contributed by atoms with Gasteiger partial charge in [-0.15, -0.1) is 11.8 Å². The zero-order valence-electron chi connectivity index (χ0n) is 22.3. The molecule has 4 rings (SSSR count). The quantitative estimate of drug-likeness (QED) is 0.206. The Morgan fingerprint density at radius 1 is 1.15 bits per heavy atom. The number of aliphatic hydroxyl groups excluding tert-OH is 3. The Labute approximate surface area is 231 Å². The van der Waals surface area contributed by atoms with Gasteiger partial charge < -0.3 is 40.5 Å². The van der Waals surface area contributed by atoms with E-state index in [1.807, 2.05) is 0 Å². The molecule has 4 aliphatic heterocycles. The third-order valence-electron chi connectivity index (χ3n) is 7.80. The monoisotopic (exact) mass is 580 g/mol. The summed E-state index contributed by atoms with van der Waals surface area (Å²) < 4.78 is 39.0. The van der Waals surface area contributed by atoms with E-state index in [9.17, 15) is 28.9 Å². The number of carboxylic acid groups (broad SMARTS) is 1. The fourth-order valence-corrected chi connectivity index (χ4v) is 7.20. The van der Waals surface area contributed by atoms with Crippen LogP contribution in [0.5, 0.6) is 0 Å². The van der Waals surface area contributed by atoms with E-state index in [0.717, 1.165) is 31.0 Å². The molecule has 0 unspecified atom stereocenters. The third-order valence-corrected chi connectivity index (χ3v) is 9.20. The number of rotatable bonds is 5. The van der Waals surface area contributed by atoms with Gasteiger partial charge >= 0.3 is 0 Å². The topological polar surface area (TPSA) is 158 Å². The predicted octanol–water partition coefficient (Wildman–Crippen LogP) is 1.13. The Balaban J connectivity index is 0.00000134. The molecule has 2 bridgehead atoms. The SMILES string of the molecule is CC(C)C[C@@H]1CCO[C@@H]2[C@H](CN[C@@H]2C(=O)N[C@@H]2C/C=C\C[C@@H](C(F)F)S[C@H]3O[C@H]2[C@H](O)[C@H](O)[C@H]3O)C1.O=CO. The molecule has 0 aromatic heterocycles. The summed E-state index contributed by atoms with van der Waals surface area (Å²) in [6.07, 6.45) is -1.86. The molecule has 6 N–H and O–H groups in total. The second kappa shape index (κ2) is 15.0. The largest absolute Gasteiger partial charge is 0.483 e. The van der Waals surface area contributed by atoms with Gasteiger partial charge in [-0.05, 0) is 49.9 Å². The predicted molar refractivity (Wildman–Crippen MR) is 140 cm³/mol. The van der Waals surface area contributed by atoms with Crippen molar-refractivity contribution in [2.75, 3.05) is 13.2 Å². The van der Waals surface area contributed by atoms with Gasteiger partial charge in [0.1, 0.15) is 35.9 Å². The van der Waals surface area contributed by atoms with Crippen LogP contribution in [0.3, 0.4) is 0 Å². The first kappa shape index (κ1) is 32.2. The van der Waals surface area contributed by atoms with Gasteiger partial charge in [0, 0.05) is 13.2 Å². The lowest BCUT2D eigenvalue weighted by Gasteiger charge is -2.44. The van der Waals surface area contributed by atoms with E-state index in [1.54, 1.807) is 12.2 Å². The molecule has 0 aliphatic carbocycles.